The summed E-state index contributed by atoms with van der Waals surface area (Å²) in [4.78, 5) is 11.2. The molecule has 0 aromatic heterocycles. The number of hydrogen-bond acceptors (Lipinski definition) is 5. The molecule has 0 atom stereocenters. The normalized spacial score (nSPS) is 9.29. The highest BCUT2D eigenvalue weighted by Gasteiger charge is 2.07. The lowest BCUT2D eigenvalue weighted by Crippen LogP contribution is -2.10. The molecule has 0 aliphatic heterocycles. The van der Waals surface area contributed by atoms with Gasteiger partial charge in [0.1, 0.15) is 0 Å². The van der Waals surface area contributed by atoms with Crippen LogP contribution in [0, 0.1) is 0 Å². The lowest BCUT2D eigenvalue weighted by atomic mass is 10.1. The van der Waals surface area contributed by atoms with Crippen LogP contribution < -0.4 is 11.1 Å². The van der Waals surface area contributed by atoms with Gasteiger partial charge in [-0.15, -0.1) is 12.4 Å². The highest BCUT2D eigenvalue weighted by atomic mass is 35.5. The number of carbonyl (C=O) groups excluding carboxylic acids is 1. The van der Waals surface area contributed by atoms with E-state index in [1.807, 2.05) is 0 Å². The molecule has 0 aliphatic carbocycles. The Morgan fingerprint density at radius 3 is 2.65 bits per heavy atom. The average molecular weight is 261 g/mol. The topological polar surface area (TPSA) is 73.6 Å². The monoisotopic (exact) mass is 260 g/mol. The SMILES string of the molecule is COCCNc1ccc(C(=O)OC)cc1N.Cl. The Kier molecular flexibility index (Phi) is 7.09. The van der Waals surface area contributed by atoms with Gasteiger partial charge in [0.15, 0.2) is 0 Å². The van der Waals surface area contributed by atoms with Crippen LogP contribution in [0.3, 0.4) is 0 Å². The minimum atomic E-state index is -0.393. The van der Waals surface area contributed by atoms with E-state index in [4.69, 9.17) is 10.5 Å². The highest BCUT2D eigenvalue weighted by Crippen LogP contribution is 2.19. The molecule has 0 saturated heterocycles. The van der Waals surface area contributed by atoms with Crippen molar-refractivity contribution in [2.75, 3.05) is 38.4 Å². The second-order valence-electron chi connectivity index (χ2n) is 3.21. The number of halogens is 1. The predicted octanol–water partition coefficient (Wildman–Crippen LogP) is 1.54. The number of ether oxygens (including phenoxy) is 2. The second-order valence-corrected chi connectivity index (χ2v) is 3.21. The molecule has 5 nitrogen and oxygen atoms in total. The van der Waals surface area contributed by atoms with Crippen LogP contribution >= 0.6 is 12.4 Å². The summed E-state index contributed by atoms with van der Waals surface area (Å²) in [6.45, 7) is 1.26. The van der Waals surface area contributed by atoms with Crippen LogP contribution in [0.25, 0.3) is 0 Å². The molecule has 3 N–H and O–H groups in total. The van der Waals surface area contributed by atoms with Crippen molar-refractivity contribution in [2.24, 2.45) is 0 Å². The van der Waals surface area contributed by atoms with E-state index >= 15 is 0 Å². The standard InChI is InChI=1S/C11H16N2O3.ClH/c1-15-6-5-13-10-4-3-8(7-9(10)12)11(14)16-2;/h3-4,7,13H,5-6,12H2,1-2H3;1H. The summed E-state index contributed by atoms with van der Waals surface area (Å²) in [6.07, 6.45) is 0. The number of benzene rings is 1. The molecule has 1 rings (SSSR count). The molecule has 0 radical (unpaired) electrons. The van der Waals surface area contributed by atoms with Crippen molar-refractivity contribution in [3.8, 4) is 0 Å². The molecule has 96 valence electrons. The number of nitrogens with two attached hydrogens (primary N) is 1. The summed E-state index contributed by atoms with van der Waals surface area (Å²) in [5.74, 6) is -0.393. The molecule has 0 spiro atoms. The van der Waals surface area contributed by atoms with Gasteiger partial charge < -0.3 is 20.5 Å². The Morgan fingerprint density at radius 1 is 1.41 bits per heavy atom. The van der Waals surface area contributed by atoms with Crippen LogP contribution in [0.2, 0.25) is 0 Å². The molecule has 0 bridgehead atoms. The van der Waals surface area contributed by atoms with Gasteiger partial charge in [-0.1, -0.05) is 0 Å². The summed E-state index contributed by atoms with van der Waals surface area (Å²) in [7, 11) is 2.97. The molecule has 6 heteroatoms. The first-order valence-corrected chi connectivity index (χ1v) is 4.89. The maximum absolute atomic E-state index is 11.2. The van der Waals surface area contributed by atoms with Crippen molar-refractivity contribution in [1.82, 2.24) is 0 Å². The summed E-state index contributed by atoms with van der Waals surface area (Å²) in [6, 6.07) is 5.00. The van der Waals surface area contributed by atoms with E-state index in [0.717, 1.165) is 5.69 Å². The Hall–Kier alpha value is -1.46. The average Bonchev–Trinajstić information content (AvgIpc) is 2.30. The first kappa shape index (κ1) is 15.5. The largest absolute Gasteiger partial charge is 0.465 e. The predicted molar refractivity (Wildman–Crippen MR) is 69.8 cm³/mol. The maximum atomic E-state index is 11.2. The lowest BCUT2D eigenvalue weighted by molar-refractivity contribution is 0.0601. The molecule has 0 saturated carbocycles. The van der Waals surface area contributed by atoms with Gasteiger partial charge in [-0.2, -0.15) is 0 Å². The zero-order valence-corrected chi connectivity index (χ0v) is 10.7. The molecule has 1 aromatic rings. The van der Waals surface area contributed by atoms with Crippen molar-refractivity contribution >= 4 is 29.8 Å². The number of nitrogens with one attached hydrogen (secondary N) is 1. The van der Waals surface area contributed by atoms with Gasteiger partial charge in [-0.3, -0.25) is 0 Å². The fourth-order valence-electron chi connectivity index (χ4n) is 1.26. The molecule has 1 aromatic carbocycles. The number of methoxy groups -OCH3 is 2. The summed E-state index contributed by atoms with van der Waals surface area (Å²) < 4.78 is 9.50. The van der Waals surface area contributed by atoms with Crippen molar-refractivity contribution in [3.63, 3.8) is 0 Å². The van der Waals surface area contributed by atoms with Crippen LogP contribution in [0.15, 0.2) is 18.2 Å². The van der Waals surface area contributed by atoms with E-state index < -0.39 is 5.97 Å². The summed E-state index contributed by atoms with van der Waals surface area (Å²) in [5, 5.41) is 3.10. The van der Waals surface area contributed by atoms with Crippen molar-refractivity contribution in [2.45, 2.75) is 0 Å². The number of hydrogen-bond donors (Lipinski definition) is 2. The molecular formula is C11H17ClN2O3. The fraction of sp³-hybridized carbons (Fsp3) is 0.364. The molecule has 0 aliphatic rings. The number of rotatable bonds is 5. The fourth-order valence-corrected chi connectivity index (χ4v) is 1.26. The van der Waals surface area contributed by atoms with Crippen LogP contribution in [0.1, 0.15) is 10.4 Å². The van der Waals surface area contributed by atoms with Crippen LogP contribution in [0.4, 0.5) is 11.4 Å². The molecule has 0 amide bonds. The smallest absolute Gasteiger partial charge is 0.337 e. The maximum Gasteiger partial charge on any atom is 0.337 e. The molecule has 0 fully saturated rings. The van der Waals surface area contributed by atoms with E-state index in [0.29, 0.717) is 24.4 Å². The minimum Gasteiger partial charge on any atom is -0.465 e. The quantitative estimate of drug-likeness (QED) is 0.477. The van der Waals surface area contributed by atoms with Gasteiger partial charge in [0.05, 0.1) is 30.7 Å². The van der Waals surface area contributed by atoms with Crippen LogP contribution in [0.5, 0.6) is 0 Å². The third-order valence-corrected chi connectivity index (χ3v) is 2.09. The Balaban J connectivity index is 0.00000256. The third kappa shape index (κ3) is 4.50. The number of carbonyl (C=O) groups is 1. The first-order chi connectivity index (χ1) is 7.69. The summed E-state index contributed by atoms with van der Waals surface area (Å²) >= 11 is 0. The second kappa shape index (κ2) is 7.76. The van der Waals surface area contributed by atoms with Gasteiger partial charge in [0.25, 0.3) is 0 Å². The van der Waals surface area contributed by atoms with E-state index in [1.165, 1.54) is 7.11 Å². The number of nitrogen functional groups attached to an aromatic ring is 1. The zero-order valence-electron chi connectivity index (χ0n) is 9.86. The van der Waals surface area contributed by atoms with Gasteiger partial charge in [0.2, 0.25) is 0 Å². The first-order valence-electron chi connectivity index (χ1n) is 4.89. The molecule has 17 heavy (non-hydrogen) atoms. The Morgan fingerprint density at radius 2 is 2.12 bits per heavy atom. The van der Waals surface area contributed by atoms with Gasteiger partial charge >= 0.3 is 5.97 Å². The summed E-state index contributed by atoms with van der Waals surface area (Å²) in [5.41, 5.74) is 7.52. The molecule has 0 unspecified atom stereocenters. The van der Waals surface area contributed by atoms with Crippen LogP contribution in [-0.2, 0) is 9.47 Å². The number of anilines is 2. The Bertz CT molecular complexity index is 372. The van der Waals surface area contributed by atoms with Crippen molar-refractivity contribution in [1.29, 1.82) is 0 Å². The van der Waals surface area contributed by atoms with E-state index in [9.17, 15) is 4.79 Å². The van der Waals surface area contributed by atoms with Gasteiger partial charge in [-0.05, 0) is 18.2 Å². The van der Waals surface area contributed by atoms with Gasteiger partial charge in [0, 0.05) is 13.7 Å². The Labute approximate surface area is 107 Å². The molecular weight excluding hydrogens is 244 g/mol. The molecule has 0 heterocycles. The van der Waals surface area contributed by atoms with Crippen LogP contribution in [-0.4, -0.2) is 33.3 Å². The van der Waals surface area contributed by atoms with Gasteiger partial charge in [-0.25, -0.2) is 4.79 Å². The lowest BCUT2D eigenvalue weighted by Gasteiger charge is -2.09. The van der Waals surface area contributed by atoms with E-state index in [1.54, 1.807) is 25.3 Å². The van der Waals surface area contributed by atoms with E-state index in [-0.39, 0.29) is 12.4 Å². The third-order valence-electron chi connectivity index (χ3n) is 2.09. The number of esters is 1. The van der Waals surface area contributed by atoms with Crippen molar-refractivity contribution < 1.29 is 14.3 Å². The minimum absolute atomic E-state index is 0. The highest BCUT2D eigenvalue weighted by molar-refractivity contribution is 5.91. The van der Waals surface area contributed by atoms with Crippen molar-refractivity contribution in [3.05, 3.63) is 23.8 Å². The zero-order chi connectivity index (χ0) is 12.0. The van der Waals surface area contributed by atoms with E-state index in [2.05, 4.69) is 10.1 Å².